The zero-order chi connectivity index (χ0) is 12.5. The van der Waals surface area contributed by atoms with E-state index in [1.165, 1.54) is 0 Å². The minimum absolute atomic E-state index is 0.0824. The van der Waals surface area contributed by atoms with E-state index in [2.05, 4.69) is 17.2 Å². The van der Waals surface area contributed by atoms with Gasteiger partial charge in [-0.3, -0.25) is 0 Å². The van der Waals surface area contributed by atoms with Crippen molar-refractivity contribution in [1.29, 1.82) is 0 Å². The van der Waals surface area contributed by atoms with Crippen LogP contribution < -0.4 is 10.1 Å². The molecule has 0 bridgehead atoms. The maximum absolute atomic E-state index is 6.03. The summed E-state index contributed by atoms with van der Waals surface area (Å²) in [4.78, 5) is 4.23. The lowest BCUT2D eigenvalue weighted by Crippen LogP contribution is -2.19. The zero-order valence-corrected chi connectivity index (χ0v) is 11.0. The van der Waals surface area contributed by atoms with Crippen LogP contribution in [0.3, 0.4) is 0 Å². The molecule has 5 heteroatoms. The predicted molar refractivity (Wildman–Crippen MR) is 70.0 cm³/mol. The molecule has 96 valence electrons. The van der Waals surface area contributed by atoms with Crippen LogP contribution in [0.1, 0.15) is 13.3 Å². The highest BCUT2D eigenvalue weighted by Gasteiger charge is 2.07. The number of alkyl halides is 1. The van der Waals surface area contributed by atoms with Gasteiger partial charge in [0.25, 0.3) is 0 Å². The molecule has 17 heavy (non-hydrogen) atoms. The number of halogens is 1. The number of anilines is 1. The van der Waals surface area contributed by atoms with Crippen molar-refractivity contribution >= 4 is 17.4 Å². The second-order valence-electron chi connectivity index (χ2n) is 3.63. The molecule has 1 unspecified atom stereocenters. The summed E-state index contributed by atoms with van der Waals surface area (Å²) in [6, 6.07) is 3.74. The fourth-order valence-electron chi connectivity index (χ4n) is 1.30. The van der Waals surface area contributed by atoms with Crippen molar-refractivity contribution in [3.63, 3.8) is 0 Å². The Balaban J connectivity index is 2.51. The van der Waals surface area contributed by atoms with Gasteiger partial charge in [0.1, 0.15) is 0 Å². The number of hydrogen-bond donors (Lipinski definition) is 1. The van der Waals surface area contributed by atoms with Gasteiger partial charge in [-0.1, -0.05) is 6.92 Å². The summed E-state index contributed by atoms with van der Waals surface area (Å²) in [5.41, 5.74) is 0. The molecule has 0 saturated heterocycles. The average Bonchev–Trinajstić information content (AvgIpc) is 2.35. The first-order valence-electron chi connectivity index (χ1n) is 5.72. The van der Waals surface area contributed by atoms with Crippen molar-refractivity contribution in [2.45, 2.75) is 18.7 Å². The van der Waals surface area contributed by atoms with E-state index in [-0.39, 0.29) is 5.38 Å². The molecule has 0 spiro atoms. The molecule has 1 aromatic heterocycles. The van der Waals surface area contributed by atoms with Crippen LogP contribution in [0.2, 0.25) is 0 Å². The van der Waals surface area contributed by atoms with Gasteiger partial charge in [-0.05, 0) is 18.6 Å². The van der Waals surface area contributed by atoms with Gasteiger partial charge in [-0.2, -0.15) is 0 Å². The van der Waals surface area contributed by atoms with Crippen molar-refractivity contribution in [2.24, 2.45) is 0 Å². The minimum atomic E-state index is -0.0824. The Hall–Kier alpha value is -1.00. The van der Waals surface area contributed by atoms with Crippen LogP contribution in [0, 0.1) is 0 Å². The van der Waals surface area contributed by atoms with Crippen molar-refractivity contribution in [3.05, 3.63) is 18.3 Å². The number of ether oxygens (including phenoxy) is 2. The summed E-state index contributed by atoms with van der Waals surface area (Å²) >= 11 is 6.03. The SMILES string of the molecule is CCCOc1cccnc1NCC(Cl)COC. The molecule has 1 atom stereocenters. The molecule has 1 N–H and O–H groups in total. The Kier molecular flexibility index (Phi) is 6.74. The van der Waals surface area contributed by atoms with E-state index in [0.29, 0.717) is 19.8 Å². The number of aromatic nitrogens is 1. The summed E-state index contributed by atoms with van der Waals surface area (Å²) in [6.45, 7) is 3.85. The Morgan fingerprint density at radius 3 is 3.06 bits per heavy atom. The van der Waals surface area contributed by atoms with E-state index < -0.39 is 0 Å². The zero-order valence-electron chi connectivity index (χ0n) is 10.3. The number of methoxy groups -OCH3 is 1. The molecule has 0 radical (unpaired) electrons. The fraction of sp³-hybridized carbons (Fsp3) is 0.583. The molecule has 0 fully saturated rings. The van der Waals surface area contributed by atoms with Crippen LogP contribution >= 0.6 is 11.6 Å². The highest BCUT2D eigenvalue weighted by molar-refractivity contribution is 6.21. The third-order valence-electron chi connectivity index (χ3n) is 2.07. The van der Waals surface area contributed by atoms with Gasteiger partial charge < -0.3 is 14.8 Å². The molecule has 0 amide bonds. The molecule has 0 saturated carbocycles. The van der Waals surface area contributed by atoms with Crippen molar-refractivity contribution in [3.8, 4) is 5.75 Å². The van der Waals surface area contributed by atoms with Crippen molar-refractivity contribution < 1.29 is 9.47 Å². The Morgan fingerprint density at radius 2 is 2.35 bits per heavy atom. The van der Waals surface area contributed by atoms with Gasteiger partial charge in [0.15, 0.2) is 11.6 Å². The van der Waals surface area contributed by atoms with E-state index in [4.69, 9.17) is 21.1 Å². The first kappa shape index (κ1) is 14.1. The number of nitrogens with one attached hydrogen (secondary N) is 1. The van der Waals surface area contributed by atoms with Gasteiger partial charge in [0.05, 0.1) is 18.6 Å². The average molecular weight is 259 g/mol. The molecular formula is C12H19ClN2O2. The molecule has 1 heterocycles. The number of hydrogen-bond acceptors (Lipinski definition) is 4. The second-order valence-corrected chi connectivity index (χ2v) is 4.25. The lowest BCUT2D eigenvalue weighted by Gasteiger charge is -2.13. The minimum Gasteiger partial charge on any atom is -0.490 e. The van der Waals surface area contributed by atoms with E-state index in [9.17, 15) is 0 Å². The maximum atomic E-state index is 6.03. The van der Waals surface area contributed by atoms with Gasteiger partial charge in [0, 0.05) is 19.9 Å². The topological polar surface area (TPSA) is 43.4 Å². The lowest BCUT2D eigenvalue weighted by molar-refractivity contribution is 0.200. The third kappa shape index (κ3) is 5.24. The summed E-state index contributed by atoms with van der Waals surface area (Å²) in [5.74, 6) is 1.48. The number of nitrogens with zero attached hydrogens (tertiary/aromatic N) is 1. The van der Waals surface area contributed by atoms with Gasteiger partial charge in [0.2, 0.25) is 0 Å². The Labute approximate surface area is 107 Å². The monoisotopic (exact) mass is 258 g/mol. The smallest absolute Gasteiger partial charge is 0.168 e. The van der Waals surface area contributed by atoms with Crippen LogP contribution in [-0.2, 0) is 4.74 Å². The highest BCUT2D eigenvalue weighted by Crippen LogP contribution is 2.21. The van der Waals surface area contributed by atoms with Crippen LogP contribution in [0.25, 0.3) is 0 Å². The predicted octanol–water partition coefficient (Wildman–Crippen LogP) is 2.54. The maximum Gasteiger partial charge on any atom is 0.168 e. The van der Waals surface area contributed by atoms with Crippen LogP contribution in [0.15, 0.2) is 18.3 Å². The van der Waals surface area contributed by atoms with Gasteiger partial charge in [-0.15, -0.1) is 11.6 Å². The first-order valence-corrected chi connectivity index (χ1v) is 6.16. The van der Waals surface area contributed by atoms with Gasteiger partial charge >= 0.3 is 0 Å². The molecule has 0 aliphatic heterocycles. The second kappa shape index (κ2) is 8.14. The number of rotatable bonds is 8. The Bertz CT molecular complexity index is 323. The molecule has 4 nitrogen and oxygen atoms in total. The largest absolute Gasteiger partial charge is 0.490 e. The number of pyridine rings is 1. The molecule has 1 rings (SSSR count). The van der Waals surface area contributed by atoms with Crippen LogP contribution in [0.4, 0.5) is 5.82 Å². The van der Waals surface area contributed by atoms with E-state index in [0.717, 1.165) is 18.0 Å². The van der Waals surface area contributed by atoms with E-state index >= 15 is 0 Å². The lowest BCUT2D eigenvalue weighted by atomic mass is 10.4. The third-order valence-corrected chi connectivity index (χ3v) is 2.35. The molecule has 1 aromatic rings. The molecule has 0 aliphatic carbocycles. The quantitative estimate of drug-likeness (QED) is 0.728. The standard InChI is InChI=1S/C12H19ClN2O2/c1-3-7-17-11-5-4-6-14-12(11)15-8-10(13)9-16-2/h4-6,10H,3,7-9H2,1-2H3,(H,14,15). The van der Waals surface area contributed by atoms with Crippen LogP contribution in [-0.4, -0.2) is 37.2 Å². The summed E-state index contributed by atoms with van der Waals surface area (Å²) in [7, 11) is 1.63. The van der Waals surface area contributed by atoms with Crippen molar-refractivity contribution in [2.75, 3.05) is 32.2 Å². The molecular weight excluding hydrogens is 240 g/mol. The van der Waals surface area contributed by atoms with E-state index in [1.807, 2.05) is 12.1 Å². The Morgan fingerprint density at radius 1 is 1.53 bits per heavy atom. The molecule has 0 aromatic carbocycles. The fourth-order valence-corrected chi connectivity index (χ4v) is 1.50. The summed E-state index contributed by atoms with van der Waals surface area (Å²) in [6.07, 6.45) is 2.69. The summed E-state index contributed by atoms with van der Waals surface area (Å²) in [5, 5.41) is 3.08. The van der Waals surface area contributed by atoms with Crippen molar-refractivity contribution in [1.82, 2.24) is 4.98 Å². The summed E-state index contributed by atoms with van der Waals surface area (Å²) < 4.78 is 10.5. The first-order chi connectivity index (χ1) is 8.27. The van der Waals surface area contributed by atoms with E-state index in [1.54, 1.807) is 13.3 Å². The normalized spacial score (nSPS) is 12.2. The van der Waals surface area contributed by atoms with Gasteiger partial charge in [-0.25, -0.2) is 4.98 Å². The molecule has 0 aliphatic rings. The highest BCUT2D eigenvalue weighted by atomic mass is 35.5. The van der Waals surface area contributed by atoms with Crippen LogP contribution in [0.5, 0.6) is 5.75 Å².